The summed E-state index contributed by atoms with van der Waals surface area (Å²) >= 11 is 3.45. The van der Waals surface area contributed by atoms with Gasteiger partial charge in [0.1, 0.15) is 5.75 Å². The molecule has 134 valence electrons. The highest BCUT2D eigenvalue weighted by atomic mass is 79.9. The Balaban J connectivity index is 2.26. The number of halogens is 1. The van der Waals surface area contributed by atoms with Gasteiger partial charge in [0.05, 0.1) is 12.7 Å². The van der Waals surface area contributed by atoms with Crippen LogP contribution < -0.4 is 16.0 Å². The quantitative estimate of drug-likeness (QED) is 0.485. The zero-order valence-corrected chi connectivity index (χ0v) is 16.1. The molecule has 0 radical (unpaired) electrons. The Kier molecular flexibility index (Phi) is 3.55. The van der Waals surface area contributed by atoms with Gasteiger partial charge in [-0.3, -0.25) is 13.9 Å². The predicted molar refractivity (Wildman–Crippen MR) is 99.6 cm³/mol. The summed E-state index contributed by atoms with van der Waals surface area (Å²) < 4.78 is 12.1. The molecule has 4 rings (SSSR count). The van der Waals surface area contributed by atoms with Gasteiger partial charge < -0.3 is 9.30 Å². The van der Waals surface area contributed by atoms with Crippen LogP contribution in [0.25, 0.3) is 28.3 Å². The molecule has 1 aromatic carbocycles. The van der Waals surface area contributed by atoms with Crippen LogP contribution in [0.1, 0.15) is 0 Å². The summed E-state index contributed by atoms with van der Waals surface area (Å²) in [7, 11) is 6.36. The molecule has 0 aliphatic rings. The lowest BCUT2D eigenvalue weighted by molar-refractivity contribution is 0.416. The molecule has 0 amide bonds. The lowest BCUT2D eigenvalue weighted by Gasteiger charge is -2.08. The van der Waals surface area contributed by atoms with Gasteiger partial charge in [0, 0.05) is 25.6 Å². The molecule has 0 saturated heterocycles. The van der Waals surface area contributed by atoms with Crippen molar-refractivity contribution >= 4 is 32.9 Å². The molecule has 0 atom stereocenters. The van der Waals surface area contributed by atoms with Gasteiger partial charge in [-0.05, 0) is 18.2 Å². The summed E-state index contributed by atoms with van der Waals surface area (Å²) in [6.07, 6.45) is 0. The summed E-state index contributed by atoms with van der Waals surface area (Å²) in [5.74, 6) is 1.54. The van der Waals surface area contributed by atoms with E-state index >= 15 is 0 Å². The van der Waals surface area contributed by atoms with E-state index in [2.05, 4.69) is 26.1 Å². The standard InChI is InChI=1S/C16H15BrN6O3/c1-20-11-13(21(2)16(25)22(3)14(11)24)23-12(18-19-15(20)23)9-7-8(17)5-6-10(9)26-4/h5-7H,1-4H3. The second-order valence-corrected chi connectivity index (χ2v) is 6.86. The van der Waals surface area contributed by atoms with Gasteiger partial charge in [-0.25, -0.2) is 9.20 Å². The number of hydrogen-bond donors (Lipinski definition) is 0. The summed E-state index contributed by atoms with van der Waals surface area (Å²) in [6.45, 7) is 0. The minimum absolute atomic E-state index is 0.370. The molecule has 0 saturated carbocycles. The number of rotatable bonds is 2. The minimum Gasteiger partial charge on any atom is -0.496 e. The van der Waals surface area contributed by atoms with E-state index in [0.29, 0.717) is 34.1 Å². The first-order chi connectivity index (χ1) is 12.4. The van der Waals surface area contributed by atoms with Gasteiger partial charge in [0.2, 0.25) is 5.78 Å². The van der Waals surface area contributed by atoms with Crippen molar-refractivity contribution in [3.05, 3.63) is 43.5 Å². The summed E-state index contributed by atoms with van der Waals surface area (Å²) in [4.78, 5) is 25.1. The monoisotopic (exact) mass is 418 g/mol. The van der Waals surface area contributed by atoms with Crippen molar-refractivity contribution in [1.82, 2.24) is 28.3 Å². The molecule has 0 spiro atoms. The summed E-state index contributed by atoms with van der Waals surface area (Å²) in [5, 5.41) is 8.50. The second kappa shape index (κ2) is 5.56. The highest BCUT2D eigenvalue weighted by Gasteiger charge is 2.23. The van der Waals surface area contributed by atoms with Crippen LogP contribution in [-0.4, -0.2) is 35.4 Å². The molecule has 0 aliphatic heterocycles. The first kappa shape index (κ1) is 16.6. The molecule has 9 nitrogen and oxygen atoms in total. The summed E-state index contributed by atoms with van der Waals surface area (Å²) in [5.41, 5.74) is 0.682. The summed E-state index contributed by atoms with van der Waals surface area (Å²) in [6, 6.07) is 5.52. The third kappa shape index (κ3) is 2.02. The molecular weight excluding hydrogens is 404 g/mol. The third-order valence-electron chi connectivity index (χ3n) is 4.51. The Morgan fingerprint density at radius 2 is 1.77 bits per heavy atom. The number of nitrogens with zero attached hydrogens (tertiary/aromatic N) is 6. The van der Waals surface area contributed by atoms with Gasteiger partial charge in [0.25, 0.3) is 5.56 Å². The smallest absolute Gasteiger partial charge is 0.332 e. The number of methoxy groups -OCH3 is 1. The number of ether oxygens (including phenoxy) is 1. The van der Waals surface area contributed by atoms with Crippen molar-refractivity contribution in [1.29, 1.82) is 0 Å². The average Bonchev–Trinajstić information content (AvgIpc) is 3.17. The van der Waals surface area contributed by atoms with E-state index in [1.807, 2.05) is 18.2 Å². The fourth-order valence-electron chi connectivity index (χ4n) is 3.18. The highest BCUT2D eigenvalue weighted by molar-refractivity contribution is 9.10. The minimum atomic E-state index is -0.421. The Morgan fingerprint density at radius 3 is 2.46 bits per heavy atom. The van der Waals surface area contributed by atoms with Gasteiger partial charge in [-0.1, -0.05) is 15.9 Å². The van der Waals surface area contributed by atoms with Crippen LogP contribution in [0.3, 0.4) is 0 Å². The van der Waals surface area contributed by atoms with E-state index in [0.717, 1.165) is 9.04 Å². The van der Waals surface area contributed by atoms with E-state index in [4.69, 9.17) is 4.74 Å². The Morgan fingerprint density at radius 1 is 1.04 bits per heavy atom. The molecule has 0 unspecified atom stereocenters. The Labute approximate surface area is 155 Å². The Bertz CT molecular complexity index is 1310. The van der Waals surface area contributed by atoms with Gasteiger partial charge >= 0.3 is 5.69 Å². The molecule has 0 fully saturated rings. The highest BCUT2D eigenvalue weighted by Crippen LogP contribution is 2.33. The van der Waals surface area contributed by atoms with E-state index in [1.165, 1.54) is 11.6 Å². The number of hydrogen-bond acceptors (Lipinski definition) is 5. The Hall–Kier alpha value is -2.88. The molecule has 0 N–H and O–H groups in total. The predicted octanol–water partition coefficient (Wildman–Crippen LogP) is 1.06. The van der Waals surface area contributed by atoms with Crippen molar-refractivity contribution in [3.8, 4) is 17.1 Å². The van der Waals surface area contributed by atoms with Crippen LogP contribution >= 0.6 is 15.9 Å². The molecular formula is C16H15BrN6O3. The number of benzene rings is 1. The SMILES string of the molecule is COc1ccc(Br)cc1-c1nnc2n(C)c3c(=O)n(C)c(=O)n(C)c3n12. The number of imidazole rings is 1. The van der Waals surface area contributed by atoms with Crippen molar-refractivity contribution in [2.75, 3.05) is 7.11 Å². The molecule has 10 heteroatoms. The van der Waals surface area contributed by atoms with E-state index in [9.17, 15) is 9.59 Å². The van der Waals surface area contributed by atoms with Gasteiger partial charge in [-0.2, -0.15) is 0 Å². The maximum Gasteiger partial charge on any atom is 0.332 e. The average molecular weight is 419 g/mol. The first-order valence-corrected chi connectivity index (χ1v) is 8.49. The van der Waals surface area contributed by atoms with Crippen LogP contribution in [0.5, 0.6) is 5.75 Å². The van der Waals surface area contributed by atoms with Crippen LogP contribution in [0.15, 0.2) is 32.3 Å². The number of aromatic nitrogens is 6. The lowest BCUT2D eigenvalue weighted by Crippen LogP contribution is -2.37. The van der Waals surface area contributed by atoms with E-state index < -0.39 is 5.69 Å². The molecule has 0 aliphatic carbocycles. The van der Waals surface area contributed by atoms with Crippen LogP contribution in [0.2, 0.25) is 0 Å². The fourth-order valence-corrected chi connectivity index (χ4v) is 3.54. The topological polar surface area (TPSA) is 88.3 Å². The molecule has 0 bridgehead atoms. The first-order valence-electron chi connectivity index (χ1n) is 7.70. The molecule has 3 aromatic heterocycles. The van der Waals surface area contributed by atoms with Crippen LogP contribution in [0, 0.1) is 0 Å². The lowest BCUT2D eigenvalue weighted by atomic mass is 10.2. The van der Waals surface area contributed by atoms with E-state index in [1.54, 1.807) is 30.2 Å². The number of fused-ring (bicyclic) bond motifs is 3. The normalized spacial score (nSPS) is 11.6. The maximum absolute atomic E-state index is 12.6. The number of aryl methyl sites for hydroxylation is 2. The van der Waals surface area contributed by atoms with E-state index in [-0.39, 0.29) is 5.56 Å². The molecule has 4 aromatic rings. The van der Waals surface area contributed by atoms with Crippen molar-refractivity contribution < 1.29 is 4.74 Å². The van der Waals surface area contributed by atoms with Crippen molar-refractivity contribution in [3.63, 3.8) is 0 Å². The van der Waals surface area contributed by atoms with Crippen LogP contribution in [-0.2, 0) is 21.1 Å². The maximum atomic E-state index is 12.6. The largest absolute Gasteiger partial charge is 0.496 e. The fraction of sp³-hybridized carbons (Fsp3) is 0.250. The zero-order chi connectivity index (χ0) is 18.7. The van der Waals surface area contributed by atoms with Crippen molar-refractivity contribution in [2.24, 2.45) is 21.1 Å². The van der Waals surface area contributed by atoms with Crippen molar-refractivity contribution in [2.45, 2.75) is 0 Å². The van der Waals surface area contributed by atoms with Gasteiger partial charge in [-0.15, -0.1) is 10.2 Å². The molecule has 3 heterocycles. The molecule has 26 heavy (non-hydrogen) atoms. The second-order valence-electron chi connectivity index (χ2n) is 5.94. The van der Waals surface area contributed by atoms with Crippen LogP contribution in [0.4, 0.5) is 0 Å². The zero-order valence-electron chi connectivity index (χ0n) is 14.5. The third-order valence-corrected chi connectivity index (χ3v) is 5.00. The van der Waals surface area contributed by atoms with Gasteiger partial charge in [0.15, 0.2) is 17.0 Å².